The minimum atomic E-state index is 0.488. The summed E-state index contributed by atoms with van der Waals surface area (Å²) in [6.45, 7) is 1.71. The number of hydrogen-bond donors (Lipinski definition) is 1. The van der Waals surface area contributed by atoms with Crippen molar-refractivity contribution in [3.63, 3.8) is 0 Å². The first-order chi connectivity index (χ1) is 13.8. The Bertz CT molecular complexity index is 1080. The third-order valence-corrected chi connectivity index (χ3v) is 4.67. The van der Waals surface area contributed by atoms with E-state index in [0.717, 1.165) is 25.3 Å². The first-order valence-electron chi connectivity index (χ1n) is 9.10. The highest BCUT2D eigenvalue weighted by atomic mass is 15.4. The van der Waals surface area contributed by atoms with E-state index in [9.17, 15) is 0 Å². The molecule has 1 aliphatic rings. The molecule has 0 saturated carbocycles. The molecule has 0 saturated heterocycles. The maximum Gasteiger partial charge on any atom is 0.254 e. The molecule has 0 amide bonds. The molecule has 0 spiro atoms. The Morgan fingerprint density at radius 2 is 1.75 bits per heavy atom. The molecule has 0 bridgehead atoms. The number of aromatic nitrogens is 6. The molecule has 8 heteroatoms. The van der Waals surface area contributed by atoms with Gasteiger partial charge in [-0.3, -0.25) is 0 Å². The molecule has 5 rings (SSSR count). The van der Waals surface area contributed by atoms with E-state index in [4.69, 9.17) is 4.98 Å². The Kier molecular flexibility index (Phi) is 4.13. The number of hydrogen-bond acceptors (Lipinski definition) is 7. The Balaban J connectivity index is 1.52. The fourth-order valence-corrected chi connectivity index (χ4v) is 3.31. The molecule has 1 aromatic carbocycles. The summed E-state index contributed by atoms with van der Waals surface area (Å²) in [5, 5.41) is 7.43. The van der Waals surface area contributed by atoms with Gasteiger partial charge < -0.3 is 10.2 Å². The van der Waals surface area contributed by atoms with Gasteiger partial charge in [0.05, 0.1) is 0 Å². The first kappa shape index (κ1) is 16.4. The lowest BCUT2D eigenvalue weighted by Gasteiger charge is -2.30. The summed E-state index contributed by atoms with van der Waals surface area (Å²) >= 11 is 0. The SMILES string of the molecule is c1cnc(Nc2cc(N3CCc4ccccc4C3)nc(-n3cccn3)n2)nc1. The van der Waals surface area contributed by atoms with Crippen molar-refractivity contribution < 1.29 is 0 Å². The quantitative estimate of drug-likeness (QED) is 0.591. The Labute approximate surface area is 161 Å². The third-order valence-electron chi connectivity index (χ3n) is 4.67. The number of anilines is 3. The second-order valence-electron chi connectivity index (χ2n) is 6.50. The van der Waals surface area contributed by atoms with Crippen molar-refractivity contribution in [2.24, 2.45) is 0 Å². The molecule has 3 aromatic heterocycles. The van der Waals surface area contributed by atoms with Crippen molar-refractivity contribution in [1.82, 2.24) is 29.7 Å². The first-order valence-corrected chi connectivity index (χ1v) is 9.10. The highest BCUT2D eigenvalue weighted by Gasteiger charge is 2.19. The summed E-state index contributed by atoms with van der Waals surface area (Å²) in [5.74, 6) is 2.45. The molecule has 0 unspecified atom stereocenters. The summed E-state index contributed by atoms with van der Waals surface area (Å²) in [7, 11) is 0. The van der Waals surface area contributed by atoms with E-state index in [1.807, 2.05) is 18.3 Å². The summed E-state index contributed by atoms with van der Waals surface area (Å²) < 4.78 is 1.65. The zero-order chi connectivity index (χ0) is 18.8. The number of fused-ring (bicyclic) bond motifs is 1. The predicted octanol–water partition coefficient (Wildman–Crippen LogP) is 2.76. The Hall–Kier alpha value is -3.81. The van der Waals surface area contributed by atoms with Crippen molar-refractivity contribution in [3.8, 4) is 5.95 Å². The maximum atomic E-state index is 4.75. The topological polar surface area (TPSA) is 84.7 Å². The molecule has 1 N–H and O–H groups in total. The lowest BCUT2D eigenvalue weighted by molar-refractivity contribution is 0.711. The van der Waals surface area contributed by atoms with Gasteiger partial charge in [-0.1, -0.05) is 24.3 Å². The predicted molar refractivity (Wildman–Crippen MR) is 106 cm³/mol. The summed E-state index contributed by atoms with van der Waals surface area (Å²) in [6.07, 6.45) is 7.90. The van der Waals surface area contributed by atoms with E-state index in [0.29, 0.717) is 17.7 Å². The van der Waals surface area contributed by atoms with E-state index < -0.39 is 0 Å². The number of rotatable bonds is 4. The van der Waals surface area contributed by atoms with E-state index in [-0.39, 0.29) is 0 Å². The van der Waals surface area contributed by atoms with Crippen LogP contribution in [0.25, 0.3) is 5.95 Å². The highest BCUT2D eigenvalue weighted by Crippen LogP contribution is 2.25. The van der Waals surface area contributed by atoms with E-state index >= 15 is 0 Å². The van der Waals surface area contributed by atoms with Crippen LogP contribution in [0.15, 0.2) is 67.3 Å². The van der Waals surface area contributed by atoms with E-state index in [1.54, 1.807) is 29.3 Å². The molecule has 1 aliphatic heterocycles. The van der Waals surface area contributed by atoms with Gasteiger partial charge in [0.15, 0.2) is 0 Å². The van der Waals surface area contributed by atoms with Crippen LogP contribution in [0.1, 0.15) is 11.1 Å². The van der Waals surface area contributed by atoms with E-state index in [1.165, 1.54) is 11.1 Å². The Morgan fingerprint density at radius 3 is 2.57 bits per heavy atom. The van der Waals surface area contributed by atoms with Crippen LogP contribution in [-0.4, -0.2) is 36.3 Å². The van der Waals surface area contributed by atoms with Crippen LogP contribution in [0.5, 0.6) is 0 Å². The molecule has 138 valence electrons. The fourth-order valence-electron chi connectivity index (χ4n) is 3.31. The minimum Gasteiger partial charge on any atom is -0.352 e. The van der Waals surface area contributed by atoms with Crippen LogP contribution in [0.4, 0.5) is 17.6 Å². The van der Waals surface area contributed by atoms with Crippen LogP contribution in [0.3, 0.4) is 0 Å². The molecule has 0 atom stereocenters. The van der Waals surface area contributed by atoms with Crippen LogP contribution >= 0.6 is 0 Å². The van der Waals surface area contributed by atoms with Crippen molar-refractivity contribution in [1.29, 1.82) is 0 Å². The normalized spacial score (nSPS) is 13.2. The van der Waals surface area contributed by atoms with Gasteiger partial charge in [0, 0.05) is 43.9 Å². The van der Waals surface area contributed by atoms with E-state index in [2.05, 4.69) is 54.5 Å². The van der Waals surface area contributed by atoms with Crippen molar-refractivity contribution in [2.45, 2.75) is 13.0 Å². The number of nitrogens with one attached hydrogen (secondary N) is 1. The zero-order valence-corrected chi connectivity index (χ0v) is 15.1. The van der Waals surface area contributed by atoms with Crippen LogP contribution in [0.2, 0.25) is 0 Å². The van der Waals surface area contributed by atoms with Crippen molar-refractivity contribution in [3.05, 3.63) is 78.4 Å². The van der Waals surface area contributed by atoms with Gasteiger partial charge in [-0.15, -0.1) is 0 Å². The minimum absolute atomic E-state index is 0.488. The Morgan fingerprint density at radius 1 is 0.893 bits per heavy atom. The third kappa shape index (κ3) is 3.27. The average Bonchev–Trinajstić information content (AvgIpc) is 3.29. The van der Waals surface area contributed by atoms with Crippen LogP contribution in [-0.2, 0) is 13.0 Å². The van der Waals surface area contributed by atoms with Gasteiger partial charge in [-0.25, -0.2) is 14.6 Å². The second-order valence-corrected chi connectivity index (χ2v) is 6.50. The number of benzene rings is 1. The maximum absolute atomic E-state index is 4.75. The molecular formula is C20H18N8. The molecular weight excluding hydrogens is 352 g/mol. The summed E-state index contributed by atoms with van der Waals surface area (Å²) in [5.41, 5.74) is 2.73. The summed E-state index contributed by atoms with van der Waals surface area (Å²) in [6, 6.07) is 14.1. The smallest absolute Gasteiger partial charge is 0.254 e. The molecule has 4 aromatic rings. The molecule has 4 heterocycles. The van der Waals surface area contributed by atoms with Gasteiger partial charge in [-0.2, -0.15) is 15.1 Å². The molecule has 28 heavy (non-hydrogen) atoms. The van der Waals surface area contributed by atoms with Gasteiger partial charge in [-0.05, 0) is 29.7 Å². The van der Waals surface area contributed by atoms with Crippen LogP contribution in [0, 0.1) is 0 Å². The van der Waals surface area contributed by atoms with Gasteiger partial charge in [0.2, 0.25) is 5.95 Å². The molecule has 8 nitrogen and oxygen atoms in total. The van der Waals surface area contributed by atoms with Crippen LogP contribution < -0.4 is 10.2 Å². The largest absolute Gasteiger partial charge is 0.352 e. The number of nitrogens with zero attached hydrogens (tertiary/aromatic N) is 7. The van der Waals surface area contributed by atoms with Gasteiger partial charge in [0.1, 0.15) is 11.6 Å². The second kappa shape index (κ2) is 7.07. The fraction of sp³-hybridized carbons (Fsp3) is 0.150. The lowest BCUT2D eigenvalue weighted by atomic mass is 10.00. The van der Waals surface area contributed by atoms with Gasteiger partial charge in [0.25, 0.3) is 5.95 Å². The van der Waals surface area contributed by atoms with Gasteiger partial charge >= 0.3 is 0 Å². The average molecular weight is 370 g/mol. The molecule has 0 radical (unpaired) electrons. The van der Waals surface area contributed by atoms with Crippen molar-refractivity contribution in [2.75, 3.05) is 16.8 Å². The monoisotopic (exact) mass is 370 g/mol. The lowest BCUT2D eigenvalue weighted by Crippen LogP contribution is -2.31. The zero-order valence-electron chi connectivity index (χ0n) is 15.1. The summed E-state index contributed by atoms with van der Waals surface area (Å²) in [4.78, 5) is 20.0. The molecule has 0 fully saturated rings. The molecule has 0 aliphatic carbocycles. The highest BCUT2D eigenvalue weighted by molar-refractivity contribution is 5.57. The van der Waals surface area contributed by atoms with Crippen molar-refractivity contribution >= 4 is 17.6 Å². The standard InChI is InChI=1S/C20H18N8/c1-2-6-16-14-27(12-7-15(16)5-1)18-13-17(24-19-21-8-3-9-22-19)25-20(26-18)28-11-4-10-23-28/h1-6,8-11,13H,7,12,14H2,(H,21,22,24,25,26).